The van der Waals surface area contributed by atoms with Crippen molar-refractivity contribution in [1.29, 1.82) is 0 Å². The highest BCUT2D eigenvalue weighted by Crippen LogP contribution is 2.29. The second-order valence-corrected chi connectivity index (χ2v) is 6.97. The zero-order valence-corrected chi connectivity index (χ0v) is 16.0. The monoisotopic (exact) mass is 389 g/mol. The number of anilines is 1. The van der Waals surface area contributed by atoms with Crippen LogP contribution in [0.3, 0.4) is 0 Å². The van der Waals surface area contributed by atoms with Crippen LogP contribution in [0.5, 0.6) is 0 Å². The Labute approximate surface area is 161 Å². The van der Waals surface area contributed by atoms with E-state index in [0.29, 0.717) is 11.0 Å². The Balaban J connectivity index is 1.77. The van der Waals surface area contributed by atoms with Gasteiger partial charge in [-0.15, -0.1) is 0 Å². The normalized spacial score (nSPS) is 11.3. The van der Waals surface area contributed by atoms with Gasteiger partial charge < -0.3 is 5.32 Å². The van der Waals surface area contributed by atoms with Gasteiger partial charge in [0.1, 0.15) is 0 Å². The first-order chi connectivity index (χ1) is 13.0. The molecule has 0 saturated carbocycles. The standard InChI is InChI=1S/C20H21F2N3OS/c1-3-13-8-7-9-14(4-2)18(13)24-17(26)12-27-20-23-15-10-5-6-11-16(15)25(20)19(21)22/h5-11,19H,3-4,12H2,1-2H3,(H,24,26). The van der Waals surface area contributed by atoms with Gasteiger partial charge in [-0.2, -0.15) is 8.78 Å². The smallest absolute Gasteiger partial charge is 0.321 e. The van der Waals surface area contributed by atoms with Gasteiger partial charge in [-0.25, -0.2) is 4.98 Å². The predicted molar refractivity (Wildman–Crippen MR) is 106 cm³/mol. The van der Waals surface area contributed by atoms with Crippen LogP contribution in [0.15, 0.2) is 47.6 Å². The molecule has 142 valence electrons. The van der Waals surface area contributed by atoms with Crippen LogP contribution >= 0.6 is 11.8 Å². The first-order valence-corrected chi connectivity index (χ1v) is 9.82. The number of nitrogens with zero attached hydrogens (tertiary/aromatic N) is 2. The highest BCUT2D eigenvalue weighted by Gasteiger charge is 2.19. The van der Waals surface area contributed by atoms with E-state index in [9.17, 15) is 13.6 Å². The van der Waals surface area contributed by atoms with Crippen LogP contribution < -0.4 is 5.32 Å². The number of halogens is 2. The molecule has 0 saturated heterocycles. The summed E-state index contributed by atoms with van der Waals surface area (Å²) in [6, 6.07) is 12.7. The molecule has 4 nitrogen and oxygen atoms in total. The quantitative estimate of drug-likeness (QED) is 0.559. The molecule has 0 fully saturated rings. The van der Waals surface area contributed by atoms with E-state index in [1.165, 1.54) is 0 Å². The van der Waals surface area contributed by atoms with Crippen LogP contribution in [0.4, 0.5) is 14.5 Å². The third-order valence-corrected chi connectivity index (χ3v) is 5.31. The van der Waals surface area contributed by atoms with Crippen molar-refractivity contribution in [2.75, 3.05) is 11.1 Å². The molecule has 3 aromatic rings. The van der Waals surface area contributed by atoms with Crippen molar-refractivity contribution in [3.05, 3.63) is 53.6 Å². The van der Waals surface area contributed by atoms with Gasteiger partial charge >= 0.3 is 6.55 Å². The summed E-state index contributed by atoms with van der Waals surface area (Å²) in [5.74, 6) is -0.222. The molecule has 27 heavy (non-hydrogen) atoms. The Morgan fingerprint density at radius 1 is 1.11 bits per heavy atom. The molecule has 0 atom stereocenters. The Kier molecular flexibility index (Phi) is 6.11. The van der Waals surface area contributed by atoms with Crippen LogP contribution in [-0.4, -0.2) is 21.2 Å². The molecular weight excluding hydrogens is 368 g/mol. The number of aromatic nitrogens is 2. The number of rotatable bonds is 7. The maximum Gasteiger partial charge on any atom is 0.321 e. The molecule has 1 N–H and O–H groups in total. The number of hydrogen-bond donors (Lipinski definition) is 1. The molecule has 1 heterocycles. The van der Waals surface area contributed by atoms with E-state index in [4.69, 9.17) is 0 Å². The van der Waals surface area contributed by atoms with E-state index in [0.717, 1.165) is 46.0 Å². The van der Waals surface area contributed by atoms with Gasteiger partial charge in [0, 0.05) is 5.69 Å². The SMILES string of the molecule is CCc1cccc(CC)c1NC(=O)CSc1nc2ccccc2n1C(F)F. The number of benzene rings is 2. The van der Waals surface area contributed by atoms with Gasteiger partial charge in [-0.3, -0.25) is 9.36 Å². The number of amides is 1. The van der Waals surface area contributed by atoms with Gasteiger partial charge in [-0.1, -0.05) is 55.9 Å². The molecule has 0 unspecified atom stereocenters. The number of para-hydroxylation sites is 3. The van der Waals surface area contributed by atoms with Crippen molar-refractivity contribution < 1.29 is 13.6 Å². The minimum atomic E-state index is -2.71. The largest absolute Gasteiger partial charge is 0.325 e. The van der Waals surface area contributed by atoms with Gasteiger partial charge in [0.2, 0.25) is 5.91 Å². The molecule has 2 aromatic carbocycles. The molecule has 0 aliphatic rings. The highest BCUT2D eigenvalue weighted by atomic mass is 32.2. The number of nitrogens with one attached hydrogen (secondary N) is 1. The summed E-state index contributed by atoms with van der Waals surface area (Å²) in [6.07, 6.45) is 1.61. The molecule has 0 spiro atoms. The minimum absolute atomic E-state index is 0.0112. The molecule has 0 radical (unpaired) electrons. The van der Waals surface area contributed by atoms with Crippen molar-refractivity contribution >= 4 is 34.4 Å². The zero-order chi connectivity index (χ0) is 19.4. The Bertz CT molecular complexity index is 933. The molecule has 0 bridgehead atoms. The maximum atomic E-state index is 13.5. The molecular formula is C20H21F2N3OS. The molecule has 7 heteroatoms. The molecule has 1 aromatic heterocycles. The Morgan fingerprint density at radius 3 is 2.41 bits per heavy atom. The van der Waals surface area contributed by atoms with Crippen LogP contribution in [0, 0.1) is 0 Å². The third kappa shape index (κ3) is 4.13. The fraction of sp³-hybridized carbons (Fsp3) is 0.300. The summed E-state index contributed by atoms with van der Waals surface area (Å²) >= 11 is 1.02. The molecule has 1 amide bonds. The number of alkyl halides is 2. The lowest BCUT2D eigenvalue weighted by Crippen LogP contribution is -2.17. The topological polar surface area (TPSA) is 46.9 Å². The van der Waals surface area contributed by atoms with E-state index in [-0.39, 0.29) is 16.8 Å². The number of fused-ring (bicyclic) bond motifs is 1. The van der Waals surface area contributed by atoms with Crippen molar-refractivity contribution in [3.8, 4) is 0 Å². The summed E-state index contributed by atoms with van der Waals surface area (Å²) in [6.45, 7) is 1.35. The summed E-state index contributed by atoms with van der Waals surface area (Å²) < 4.78 is 27.8. The lowest BCUT2D eigenvalue weighted by molar-refractivity contribution is -0.113. The number of thioether (sulfide) groups is 1. The number of imidazole rings is 1. The third-order valence-electron chi connectivity index (χ3n) is 4.35. The van der Waals surface area contributed by atoms with Gasteiger partial charge in [-0.05, 0) is 36.1 Å². The summed E-state index contributed by atoms with van der Waals surface area (Å²) in [7, 11) is 0. The van der Waals surface area contributed by atoms with Gasteiger partial charge in [0.25, 0.3) is 0 Å². The van der Waals surface area contributed by atoms with E-state index in [1.54, 1.807) is 24.3 Å². The van der Waals surface area contributed by atoms with Crippen molar-refractivity contribution in [2.24, 2.45) is 0 Å². The van der Waals surface area contributed by atoms with Crippen molar-refractivity contribution in [1.82, 2.24) is 9.55 Å². The lowest BCUT2D eigenvalue weighted by atomic mass is 10.0. The summed E-state index contributed by atoms with van der Waals surface area (Å²) in [4.78, 5) is 16.7. The lowest BCUT2D eigenvalue weighted by Gasteiger charge is -2.14. The second-order valence-electron chi connectivity index (χ2n) is 6.03. The summed E-state index contributed by atoms with van der Waals surface area (Å²) in [5.41, 5.74) is 3.81. The van der Waals surface area contributed by atoms with Gasteiger partial charge in [0.15, 0.2) is 5.16 Å². The first-order valence-electron chi connectivity index (χ1n) is 8.83. The molecule has 0 aliphatic heterocycles. The fourth-order valence-electron chi connectivity index (χ4n) is 3.02. The highest BCUT2D eigenvalue weighted by molar-refractivity contribution is 7.99. The first kappa shape index (κ1) is 19.4. The van der Waals surface area contributed by atoms with E-state index in [2.05, 4.69) is 10.3 Å². The molecule has 0 aliphatic carbocycles. The number of aryl methyl sites for hydroxylation is 2. The number of carbonyl (C=O) groups is 1. The van der Waals surface area contributed by atoms with E-state index < -0.39 is 6.55 Å². The van der Waals surface area contributed by atoms with Crippen LogP contribution in [0.25, 0.3) is 11.0 Å². The average molecular weight is 389 g/mol. The summed E-state index contributed by atoms with van der Waals surface area (Å²) in [5, 5.41) is 3.09. The van der Waals surface area contributed by atoms with Crippen molar-refractivity contribution in [2.45, 2.75) is 38.4 Å². The van der Waals surface area contributed by atoms with Crippen LogP contribution in [-0.2, 0) is 17.6 Å². The predicted octanol–water partition coefficient (Wildman–Crippen LogP) is 5.29. The van der Waals surface area contributed by atoms with E-state index in [1.807, 2.05) is 32.0 Å². The zero-order valence-electron chi connectivity index (χ0n) is 15.2. The second kappa shape index (κ2) is 8.52. The molecule has 3 rings (SSSR count). The van der Waals surface area contributed by atoms with Gasteiger partial charge in [0.05, 0.1) is 16.8 Å². The minimum Gasteiger partial charge on any atom is -0.325 e. The van der Waals surface area contributed by atoms with Crippen LogP contribution in [0.2, 0.25) is 0 Å². The average Bonchev–Trinajstić information content (AvgIpc) is 3.05. The number of hydrogen-bond acceptors (Lipinski definition) is 3. The number of carbonyl (C=O) groups excluding carboxylic acids is 1. The Hall–Kier alpha value is -2.41. The van der Waals surface area contributed by atoms with E-state index >= 15 is 0 Å². The Morgan fingerprint density at radius 2 is 1.78 bits per heavy atom. The fourth-order valence-corrected chi connectivity index (χ4v) is 3.83. The maximum absolute atomic E-state index is 13.5. The van der Waals surface area contributed by atoms with Crippen LogP contribution in [0.1, 0.15) is 31.5 Å². The van der Waals surface area contributed by atoms with Crippen molar-refractivity contribution in [3.63, 3.8) is 0 Å².